The summed E-state index contributed by atoms with van der Waals surface area (Å²) >= 11 is 0. The number of H-pyrrole nitrogens is 1. The third-order valence-corrected chi connectivity index (χ3v) is 4.51. The number of aromatic nitrogens is 1. The zero-order chi connectivity index (χ0) is 16.4. The van der Waals surface area contributed by atoms with Gasteiger partial charge in [0.2, 0.25) is 5.91 Å². The minimum atomic E-state index is 0.0467. The molecule has 4 nitrogen and oxygen atoms in total. The summed E-state index contributed by atoms with van der Waals surface area (Å²) in [5.41, 5.74) is 3.78. The van der Waals surface area contributed by atoms with Crippen LogP contribution in [0.25, 0.3) is 10.9 Å². The SMILES string of the molecule is O=C(CCOc1ccccc1)NC1Cc2[nH]c3ccccc3c2C1. The molecular weight excluding hydrogens is 300 g/mol. The lowest BCUT2D eigenvalue weighted by atomic mass is 10.1. The summed E-state index contributed by atoms with van der Waals surface area (Å²) in [6, 6.07) is 18.1. The van der Waals surface area contributed by atoms with E-state index in [-0.39, 0.29) is 11.9 Å². The van der Waals surface area contributed by atoms with Gasteiger partial charge in [0.25, 0.3) is 0 Å². The first-order chi connectivity index (χ1) is 11.8. The van der Waals surface area contributed by atoms with Gasteiger partial charge in [-0.1, -0.05) is 36.4 Å². The normalized spacial score (nSPS) is 16.1. The number of fused-ring (bicyclic) bond motifs is 3. The molecule has 1 atom stereocenters. The van der Waals surface area contributed by atoms with E-state index in [9.17, 15) is 4.79 Å². The summed E-state index contributed by atoms with van der Waals surface area (Å²) < 4.78 is 5.58. The molecule has 0 bridgehead atoms. The van der Waals surface area contributed by atoms with Crippen molar-refractivity contribution in [2.75, 3.05) is 6.61 Å². The van der Waals surface area contributed by atoms with Gasteiger partial charge in [0, 0.05) is 29.1 Å². The molecule has 3 aromatic rings. The van der Waals surface area contributed by atoms with Crippen molar-refractivity contribution in [3.8, 4) is 5.75 Å². The minimum Gasteiger partial charge on any atom is -0.493 e. The van der Waals surface area contributed by atoms with E-state index in [1.807, 2.05) is 36.4 Å². The molecule has 122 valence electrons. The largest absolute Gasteiger partial charge is 0.493 e. The summed E-state index contributed by atoms with van der Waals surface area (Å²) in [4.78, 5) is 15.6. The monoisotopic (exact) mass is 320 g/mol. The Morgan fingerprint density at radius 1 is 1.08 bits per heavy atom. The molecule has 0 radical (unpaired) electrons. The Morgan fingerprint density at radius 3 is 2.75 bits per heavy atom. The first-order valence-corrected chi connectivity index (χ1v) is 8.35. The van der Waals surface area contributed by atoms with Crippen molar-refractivity contribution in [1.29, 1.82) is 0 Å². The topological polar surface area (TPSA) is 54.1 Å². The van der Waals surface area contributed by atoms with Gasteiger partial charge in [-0.15, -0.1) is 0 Å². The molecule has 4 heteroatoms. The van der Waals surface area contributed by atoms with Crippen molar-refractivity contribution in [1.82, 2.24) is 10.3 Å². The number of nitrogens with one attached hydrogen (secondary N) is 2. The van der Waals surface area contributed by atoms with E-state index in [0.29, 0.717) is 13.0 Å². The Morgan fingerprint density at radius 2 is 1.88 bits per heavy atom. The lowest BCUT2D eigenvalue weighted by Gasteiger charge is -2.13. The Kier molecular flexibility index (Phi) is 3.95. The lowest BCUT2D eigenvalue weighted by Crippen LogP contribution is -2.36. The fourth-order valence-electron chi connectivity index (χ4n) is 3.41. The molecule has 0 spiro atoms. The zero-order valence-electron chi connectivity index (χ0n) is 13.4. The van der Waals surface area contributed by atoms with Gasteiger partial charge in [0.05, 0.1) is 13.0 Å². The van der Waals surface area contributed by atoms with E-state index in [2.05, 4.69) is 28.5 Å². The van der Waals surface area contributed by atoms with Crippen molar-refractivity contribution >= 4 is 16.8 Å². The summed E-state index contributed by atoms with van der Waals surface area (Å²) in [7, 11) is 0. The molecule has 1 aliphatic carbocycles. The summed E-state index contributed by atoms with van der Waals surface area (Å²) in [6.07, 6.45) is 2.14. The molecule has 1 heterocycles. The third-order valence-electron chi connectivity index (χ3n) is 4.51. The Hall–Kier alpha value is -2.75. The van der Waals surface area contributed by atoms with Crippen LogP contribution < -0.4 is 10.1 Å². The smallest absolute Gasteiger partial charge is 0.223 e. The van der Waals surface area contributed by atoms with E-state index in [1.165, 1.54) is 22.2 Å². The van der Waals surface area contributed by atoms with Crippen molar-refractivity contribution in [3.05, 3.63) is 65.9 Å². The second kappa shape index (κ2) is 6.40. The number of hydrogen-bond acceptors (Lipinski definition) is 2. The van der Waals surface area contributed by atoms with Gasteiger partial charge in [0.1, 0.15) is 5.75 Å². The summed E-state index contributed by atoms with van der Waals surface area (Å²) in [5.74, 6) is 0.845. The highest BCUT2D eigenvalue weighted by molar-refractivity contribution is 5.85. The average molecular weight is 320 g/mol. The maximum absolute atomic E-state index is 12.1. The third kappa shape index (κ3) is 3.00. The summed E-state index contributed by atoms with van der Waals surface area (Å²) in [5, 5.41) is 4.40. The van der Waals surface area contributed by atoms with E-state index < -0.39 is 0 Å². The predicted molar refractivity (Wildman–Crippen MR) is 94.2 cm³/mol. The molecule has 2 aromatic carbocycles. The molecule has 1 aromatic heterocycles. The quantitative estimate of drug-likeness (QED) is 0.758. The van der Waals surface area contributed by atoms with Crippen molar-refractivity contribution in [2.24, 2.45) is 0 Å². The van der Waals surface area contributed by atoms with E-state index in [4.69, 9.17) is 4.74 Å². The van der Waals surface area contributed by atoms with E-state index >= 15 is 0 Å². The molecule has 0 fully saturated rings. The van der Waals surface area contributed by atoms with Crippen LogP contribution in [0.5, 0.6) is 5.75 Å². The molecule has 0 aliphatic heterocycles. The van der Waals surface area contributed by atoms with E-state index in [0.717, 1.165) is 18.6 Å². The highest BCUT2D eigenvalue weighted by Crippen LogP contribution is 2.29. The first kappa shape index (κ1) is 14.8. The molecular formula is C20H20N2O2. The van der Waals surface area contributed by atoms with E-state index in [1.54, 1.807) is 0 Å². The number of amides is 1. The molecule has 24 heavy (non-hydrogen) atoms. The lowest BCUT2D eigenvalue weighted by molar-refractivity contribution is -0.122. The van der Waals surface area contributed by atoms with Crippen LogP contribution in [0.3, 0.4) is 0 Å². The van der Waals surface area contributed by atoms with Crippen LogP contribution in [-0.4, -0.2) is 23.5 Å². The number of benzene rings is 2. The Labute approximate surface area is 140 Å². The number of carbonyl (C=O) groups is 1. The zero-order valence-corrected chi connectivity index (χ0v) is 13.4. The second-order valence-electron chi connectivity index (χ2n) is 6.21. The van der Waals surface area contributed by atoms with Gasteiger partial charge >= 0.3 is 0 Å². The molecule has 4 rings (SSSR count). The second-order valence-corrected chi connectivity index (χ2v) is 6.21. The molecule has 2 N–H and O–H groups in total. The van der Waals surface area contributed by atoms with Crippen LogP contribution >= 0.6 is 0 Å². The Bertz CT molecular complexity index is 854. The highest BCUT2D eigenvalue weighted by Gasteiger charge is 2.26. The molecule has 1 amide bonds. The number of para-hydroxylation sites is 2. The number of rotatable bonds is 5. The van der Waals surface area contributed by atoms with Crippen LogP contribution in [0.1, 0.15) is 17.7 Å². The van der Waals surface area contributed by atoms with Gasteiger partial charge in [-0.3, -0.25) is 4.79 Å². The van der Waals surface area contributed by atoms with Crippen LogP contribution in [0, 0.1) is 0 Å². The van der Waals surface area contributed by atoms with Crippen LogP contribution in [0.4, 0.5) is 0 Å². The average Bonchev–Trinajstić information content (AvgIpc) is 3.13. The van der Waals surface area contributed by atoms with Crippen molar-refractivity contribution in [2.45, 2.75) is 25.3 Å². The van der Waals surface area contributed by atoms with Gasteiger partial charge in [0.15, 0.2) is 0 Å². The first-order valence-electron chi connectivity index (χ1n) is 8.35. The van der Waals surface area contributed by atoms with Gasteiger partial charge in [-0.2, -0.15) is 0 Å². The van der Waals surface area contributed by atoms with Crippen LogP contribution in [0.2, 0.25) is 0 Å². The van der Waals surface area contributed by atoms with Gasteiger partial charge < -0.3 is 15.0 Å². The minimum absolute atomic E-state index is 0.0467. The molecule has 1 unspecified atom stereocenters. The highest BCUT2D eigenvalue weighted by atomic mass is 16.5. The van der Waals surface area contributed by atoms with Crippen molar-refractivity contribution < 1.29 is 9.53 Å². The van der Waals surface area contributed by atoms with Gasteiger partial charge in [-0.25, -0.2) is 0 Å². The standard InChI is InChI=1S/C20H20N2O2/c23-20(10-11-24-15-6-2-1-3-7-15)21-14-12-17-16-8-4-5-9-18(16)22-19(17)13-14/h1-9,14,22H,10-13H2,(H,21,23). The number of hydrogen-bond donors (Lipinski definition) is 2. The number of aromatic amines is 1. The van der Waals surface area contributed by atoms with Gasteiger partial charge in [-0.05, 0) is 30.2 Å². The predicted octanol–water partition coefficient (Wildman–Crippen LogP) is 3.22. The number of ether oxygens (including phenoxy) is 1. The summed E-state index contributed by atoms with van der Waals surface area (Å²) in [6.45, 7) is 0.400. The number of carbonyl (C=O) groups excluding carboxylic acids is 1. The van der Waals surface area contributed by atoms with Crippen LogP contribution in [-0.2, 0) is 17.6 Å². The van der Waals surface area contributed by atoms with Crippen LogP contribution in [0.15, 0.2) is 54.6 Å². The molecule has 0 saturated heterocycles. The fourth-order valence-corrected chi connectivity index (χ4v) is 3.41. The fraction of sp³-hybridized carbons (Fsp3) is 0.250. The Balaban J connectivity index is 1.29. The molecule has 0 saturated carbocycles. The molecule has 1 aliphatic rings. The maximum atomic E-state index is 12.1. The maximum Gasteiger partial charge on any atom is 0.223 e. The van der Waals surface area contributed by atoms with Crippen molar-refractivity contribution in [3.63, 3.8) is 0 Å².